The van der Waals surface area contributed by atoms with E-state index < -0.39 is 11.4 Å². The fraction of sp³-hybridized carbons (Fsp3) is 0.227. The average molecular weight is 407 g/mol. The molecule has 4 rings (SSSR count). The van der Waals surface area contributed by atoms with E-state index in [1.54, 1.807) is 0 Å². The van der Waals surface area contributed by atoms with Gasteiger partial charge in [-0.3, -0.25) is 4.79 Å². The zero-order valence-electron chi connectivity index (χ0n) is 16.5. The Morgan fingerprint density at radius 1 is 1.30 bits per heavy atom. The van der Waals surface area contributed by atoms with Crippen molar-refractivity contribution < 1.29 is 9.13 Å². The van der Waals surface area contributed by atoms with Gasteiger partial charge < -0.3 is 19.9 Å². The predicted octanol–water partition coefficient (Wildman–Crippen LogP) is 4.19. The molecule has 3 N–H and O–H groups in total. The summed E-state index contributed by atoms with van der Waals surface area (Å²) in [5.74, 6) is 0.391. The Bertz CT molecular complexity index is 1160. The molecule has 1 aliphatic heterocycles. The Kier molecular flexibility index (Phi) is 5.58. The predicted molar refractivity (Wildman–Crippen MR) is 114 cm³/mol. The second kappa shape index (κ2) is 8.46. The van der Waals surface area contributed by atoms with Gasteiger partial charge in [0.25, 0.3) is 5.56 Å². The van der Waals surface area contributed by atoms with Gasteiger partial charge in [0.15, 0.2) is 0 Å². The highest BCUT2D eigenvalue weighted by molar-refractivity contribution is 5.82. The van der Waals surface area contributed by atoms with Crippen LogP contribution in [0.25, 0.3) is 16.6 Å². The van der Waals surface area contributed by atoms with Crippen LogP contribution in [-0.4, -0.2) is 36.1 Å². The third kappa shape index (κ3) is 4.38. The van der Waals surface area contributed by atoms with Gasteiger partial charge in [-0.25, -0.2) is 9.92 Å². The minimum Gasteiger partial charge on any atom is -0.489 e. The molecule has 0 unspecified atom stereocenters. The van der Waals surface area contributed by atoms with E-state index in [1.165, 1.54) is 30.5 Å². The number of nitrogens with zero attached hydrogens (tertiary/aromatic N) is 2. The number of benzene rings is 2. The number of pyridine rings is 1. The van der Waals surface area contributed by atoms with E-state index in [2.05, 4.69) is 27.4 Å². The molecule has 1 atom stereocenters. The van der Waals surface area contributed by atoms with Crippen molar-refractivity contribution in [2.75, 3.05) is 25.5 Å². The molecule has 8 heteroatoms. The lowest BCUT2D eigenvalue weighted by Gasteiger charge is -2.14. The van der Waals surface area contributed by atoms with E-state index in [0.29, 0.717) is 10.9 Å². The molecule has 1 saturated heterocycles. The first-order chi connectivity index (χ1) is 14.5. The maximum absolute atomic E-state index is 13.5. The normalized spacial score (nSPS) is 17.3. The molecule has 0 bridgehead atoms. The highest BCUT2D eigenvalue weighted by atomic mass is 19.1. The number of halogens is 1. The summed E-state index contributed by atoms with van der Waals surface area (Å²) in [5, 5.41) is 7.03. The van der Waals surface area contributed by atoms with Crippen molar-refractivity contribution in [1.29, 1.82) is 5.53 Å². The lowest BCUT2D eigenvalue weighted by Crippen LogP contribution is -2.21. The summed E-state index contributed by atoms with van der Waals surface area (Å²) in [6, 6.07) is 13.1. The number of aromatic nitrogens is 1. The van der Waals surface area contributed by atoms with E-state index in [1.807, 2.05) is 24.3 Å². The topological polar surface area (TPSA) is 93.6 Å². The molecule has 0 saturated carbocycles. The number of fused-ring (bicyclic) bond motifs is 1. The Morgan fingerprint density at radius 2 is 2.10 bits per heavy atom. The van der Waals surface area contributed by atoms with E-state index in [9.17, 15) is 9.18 Å². The van der Waals surface area contributed by atoms with Crippen LogP contribution < -0.4 is 15.6 Å². The van der Waals surface area contributed by atoms with Crippen LogP contribution in [0.4, 0.5) is 10.1 Å². The highest BCUT2D eigenvalue weighted by Gasteiger charge is 2.20. The van der Waals surface area contributed by atoms with Gasteiger partial charge in [0, 0.05) is 35.9 Å². The first-order valence-corrected chi connectivity index (χ1v) is 9.64. The van der Waals surface area contributed by atoms with Crippen molar-refractivity contribution in [1.82, 2.24) is 9.88 Å². The number of hydrogen-bond donors (Lipinski definition) is 3. The van der Waals surface area contributed by atoms with E-state index in [4.69, 9.17) is 10.3 Å². The fourth-order valence-electron chi connectivity index (χ4n) is 3.50. The van der Waals surface area contributed by atoms with Crippen LogP contribution in [0.5, 0.6) is 5.75 Å². The van der Waals surface area contributed by atoms with Crippen molar-refractivity contribution in [2.24, 2.45) is 5.11 Å². The SMILES string of the molecule is CN1CC[C@@H](Oc2ccc(N/C=C(\N=N)c3cc4cc(F)ccc4[nH]c3=O)cc2)C1. The van der Waals surface area contributed by atoms with E-state index in [-0.39, 0.29) is 17.4 Å². The Hall–Kier alpha value is -3.52. The number of likely N-dealkylation sites (tertiary alicyclic amines) is 1. The van der Waals surface area contributed by atoms with Crippen LogP contribution in [0.1, 0.15) is 12.0 Å². The van der Waals surface area contributed by atoms with Gasteiger partial charge in [0.1, 0.15) is 23.4 Å². The number of likely N-dealkylation sites (N-methyl/N-ethyl adjacent to an activating group) is 1. The van der Waals surface area contributed by atoms with Gasteiger partial charge in [0.2, 0.25) is 0 Å². The molecule has 0 spiro atoms. The van der Waals surface area contributed by atoms with Crippen LogP contribution in [-0.2, 0) is 0 Å². The summed E-state index contributed by atoms with van der Waals surface area (Å²) >= 11 is 0. The standard InChI is InChI=1S/C22H22FN5O2/c1-28-9-8-18(13-28)30-17-5-3-16(4-6-17)25-12-21(27-24)19-11-14-10-15(23)2-7-20(14)26-22(19)29/h2-7,10-12,18,24-25H,8-9,13H2,1H3,(H,26,29)/b21-12-,27-24?/t18-/m1/s1. The number of nitrogens with one attached hydrogen (secondary N) is 3. The monoisotopic (exact) mass is 407 g/mol. The minimum atomic E-state index is -0.404. The largest absolute Gasteiger partial charge is 0.489 e. The van der Waals surface area contributed by atoms with Gasteiger partial charge in [-0.15, -0.1) is 0 Å². The molecule has 0 radical (unpaired) electrons. The zero-order valence-corrected chi connectivity index (χ0v) is 16.5. The lowest BCUT2D eigenvalue weighted by molar-refractivity contribution is 0.208. The second-order valence-corrected chi connectivity index (χ2v) is 7.34. The molecule has 2 heterocycles. The van der Waals surface area contributed by atoms with Gasteiger partial charge in [-0.1, -0.05) is 0 Å². The van der Waals surface area contributed by atoms with E-state index >= 15 is 0 Å². The third-order valence-corrected chi connectivity index (χ3v) is 5.08. The number of aromatic amines is 1. The van der Waals surface area contributed by atoms with Crippen LogP contribution in [0.2, 0.25) is 0 Å². The van der Waals surface area contributed by atoms with Crippen molar-refractivity contribution in [3.05, 3.63) is 76.5 Å². The summed E-state index contributed by atoms with van der Waals surface area (Å²) in [7, 11) is 2.08. The van der Waals surface area contributed by atoms with Crippen molar-refractivity contribution in [2.45, 2.75) is 12.5 Å². The smallest absolute Gasteiger partial charge is 0.258 e. The van der Waals surface area contributed by atoms with Gasteiger partial charge in [-0.2, -0.15) is 5.11 Å². The maximum Gasteiger partial charge on any atom is 0.258 e. The third-order valence-electron chi connectivity index (χ3n) is 5.08. The van der Waals surface area contributed by atoms with Crippen LogP contribution in [0.3, 0.4) is 0 Å². The van der Waals surface area contributed by atoms with Crippen molar-refractivity contribution in [3.63, 3.8) is 0 Å². The summed E-state index contributed by atoms with van der Waals surface area (Å²) < 4.78 is 19.5. The van der Waals surface area contributed by atoms with Gasteiger partial charge in [0.05, 0.1) is 5.56 Å². The number of hydrogen-bond acceptors (Lipinski definition) is 6. The molecule has 1 fully saturated rings. The molecule has 7 nitrogen and oxygen atoms in total. The number of ether oxygens (including phenoxy) is 1. The van der Waals surface area contributed by atoms with Crippen LogP contribution in [0.15, 0.2) is 64.6 Å². The molecule has 1 aromatic heterocycles. The number of H-pyrrole nitrogens is 1. The molecular formula is C22H22FN5O2. The molecular weight excluding hydrogens is 385 g/mol. The summed E-state index contributed by atoms with van der Waals surface area (Å²) in [6.45, 7) is 1.95. The highest BCUT2D eigenvalue weighted by Crippen LogP contribution is 2.22. The first-order valence-electron chi connectivity index (χ1n) is 9.64. The second-order valence-electron chi connectivity index (χ2n) is 7.34. The summed E-state index contributed by atoms with van der Waals surface area (Å²) in [5.41, 5.74) is 8.65. The van der Waals surface area contributed by atoms with Crippen molar-refractivity contribution in [3.8, 4) is 5.75 Å². The molecule has 0 aliphatic carbocycles. The Morgan fingerprint density at radius 3 is 2.80 bits per heavy atom. The number of anilines is 1. The van der Waals surface area contributed by atoms with Crippen molar-refractivity contribution >= 4 is 22.3 Å². The first kappa shape index (κ1) is 19.8. The Balaban J connectivity index is 1.51. The Labute approximate surface area is 172 Å². The molecule has 3 aromatic rings. The molecule has 1 aliphatic rings. The minimum absolute atomic E-state index is 0.136. The molecule has 30 heavy (non-hydrogen) atoms. The summed E-state index contributed by atoms with van der Waals surface area (Å²) in [6.07, 6.45) is 2.69. The quantitative estimate of drug-likeness (QED) is 0.534. The zero-order chi connectivity index (χ0) is 21.1. The molecule has 0 amide bonds. The number of rotatable bonds is 6. The molecule has 154 valence electrons. The van der Waals surface area contributed by atoms with Gasteiger partial charge >= 0.3 is 0 Å². The van der Waals surface area contributed by atoms with Crippen LogP contribution >= 0.6 is 0 Å². The summed E-state index contributed by atoms with van der Waals surface area (Å²) in [4.78, 5) is 17.3. The molecule has 2 aromatic carbocycles. The van der Waals surface area contributed by atoms with E-state index in [0.717, 1.165) is 30.9 Å². The van der Waals surface area contributed by atoms with Gasteiger partial charge in [-0.05, 0) is 62.0 Å². The lowest BCUT2D eigenvalue weighted by atomic mass is 10.1. The fourth-order valence-corrected chi connectivity index (χ4v) is 3.50. The van der Waals surface area contributed by atoms with Crippen LogP contribution in [0, 0.1) is 11.3 Å². The average Bonchev–Trinajstić information content (AvgIpc) is 3.14. The maximum atomic E-state index is 13.5.